The molecule has 5 atom stereocenters. The number of hydrogen-bond donors (Lipinski definition) is 4. The third-order valence-electron chi connectivity index (χ3n) is 5.13. The standard InChI is InChI=1S/C21H22O5S/c22-10-16-18(23)19(24)20(25)21(26-16)13-5-3-4-12(8-13)9-14-11-27-17-7-2-1-6-15(14)17/h1-8,11,16,18-25H,9-10H2/t16-,18-,19+,20-,21+/m1/s1. The summed E-state index contributed by atoms with van der Waals surface area (Å²) in [5, 5.41) is 43.1. The van der Waals surface area contributed by atoms with Crippen molar-refractivity contribution in [2.75, 3.05) is 6.61 Å². The zero-order chi connectivity index (χ0) is 19.0. The second kappa shape index (κ2) is 7.67. The van der Waals surface area contributed by atoms with Gasteiger partial charge in [0.15, 0.2) is 0 Å². The van der Waals surface area contributed by atoms with Crippen LogP contribution in [0.15, 0.2) is 53.9 Å². The lowest BCUT2D eigenvalue weighted by Gasteiger charge is -2.40. The van der Waals surface area contributed by atoms with Crippen molar-refractivity contribution in [1.29, 1.82) is 0 Å². The molecule has 0 radical (unpaired) electrons. The van der Waals surface area contributed by atoms with E-state index in [2.05, 4.69) is 17.5 Å². The highest BCUT2D eigenvalue weighted by molar-refractivity contribution is 7.17. The van der Waals surface area contributed by atoms with Crippen molar-refractivity contribution in [2.45, 2.75) is 36.9 Å². The van der Waals surface area contributed by atoms with E-state index in [1.54, 1.807) is 11.3 Å². The molecule has 2 heterocycles. The molecular weight excluding hydrogens is 364 g/mol. The first-order valence-electron chi connectivity index (χ1n) is 8.93. The summed E-state index contributed by atoms with van der Waals surface area (Å²) >= 11 is 1.72. The highest BCUT2D eigenvalue weighted by Crippen LogP contribution is 2.33. The van der Waals surface area contributed by atoms with E-state index in [0.717, 1.165) is 12.0 Å². The molecular formula is C21H22O5S. The summed E-state index contributed by atoms with van der Waals surface area (Å²) in [6.07, 6.45) is -4.94. The fourth-order valence-electron chi connectivity index (χ4n) is 3.65. The van der Waals surface area contributed by atoms with Gasteiger partial charge in [0, 0.05) is 4.70 Å². The molecule has 2 aromatic carbocycles. The molecule has 0 aliphatic carbocycles. The van der Waals surface area contributed by atoms with Crippen molar-refractivity contribution >= 4 is 21.4 Å². The molecule has 1 aromatic heterocycles. The largest absolute Gasteiger partial charge is 0.394 e. The lowest BCUT2D eigenvalue weighted by molar-refractivity contribution is -0.231. The van der Waals surface area contributed by atoms with E-state index in [4.69, 9.17) is 4.74 Å². The average Bonchev–Trinajstić information content (AvgIpc) is 3.10. The average molecular weight is 386 g/mol. The molecule has 1 fully saturated rings. The van der Waals surface area contributed by atoms with Gasteiger partial charge in [0.25, 0.3) is 0 Å². The molecule has 0 bridgehead atoms. The van der Waals surface area contributed by atoms with Gasteiger partial charge in [-0.25, -0.2) is 0 Å². The third kappa shape index (κ3) is 3.52. The van der Waals surface area contributed by atoms with Gasteiger partial charge in [-0.15, -0.1) is 11.3 Å². The fraction of sp³-hybridized carbons (Fsp3) is 0.333. The van der Waals surface area contributed by atoms with E-state index in [0.29, 0.717) is 5.56 Å². The SMILES string of the molecule is OC[C@H]1O[C@@H](c2cccc(Cc3csc4ccccc34)c2)[C@H](O)[C@@H](O)[C@@H]1O. The summed E-state index contributed by atoms with van der Waals surface area (Å²) in [4.78, 5) is 0. The van der Waals surface area contributed by atoms with E-state index in [1.807, 2.05) is 36.4 Å². The van der Waals surface area contributed by atoms with Crippen molar-refractivity contribution in [3.05, 3.63) is 70.6 Å². The summed E-state index contributed by atoms with van der Waals surface area (Å²) in [5.41, 5.74) is 3.01. The monoisotopic (exact) mass is 386 g/mol. The van der Waals surface area contributed by atoms with Gasteiger partial charge >= 0.3 is 0 Å². The van der Waals surface area contributed by atoms with Crippen molar-refractivity contribution in [3.8, 4) is 0 Å². The van der Waals surface area contributed by atoms with Crippen LogP contribution in [-0.4, -0.2) is 51.4 Å². The highest BCUT2D eigenvalue weighted by Gasteiger charge is 2.43. The molecule has 4 rings (SSSR count). The maximum absolute atomic E-state index is 10.3. The van der Waals surface area contributed by atoms with Crippen LogP contribution in [-0.2, 0) is 11.2 Å². The Hall–Kier alpha value is -1.80. The zero-order valence-corrected chi connectivity index (χ0v) is 15.4. The summed E-state index contributed by atoms with van der Waals surface area (Å²) in [5.74, 6) is 0. The summed E-state index contributed by atoms with van der Waals surface area (Å²) < 4.78 is 6.92. The first kappa shape index (κ1) is 18.6. The van der Waals surface area contributed by atoms with E-state index < -0.39 is 37.1 Å². The predicted octanol–water partition coefficient (Wildman–Crippen LogP) is 2.01. The number of aliphatic hydroxyl groups is 4. The molecule has 142 valence electrons. The van der Waals surface area contributed by atoms with Gasteiger partial charge in [-0.3, -0.25) is 0 Å². The van der Waals surface area contributed by atoms with Crippen LogP contribution < -0.4 is 0 Å². The lowest BCUT2D eigenvalue weighted by atomic mass is 9.90. The van der Waals surface area contributed by atoms with Gasteiger partial charge in [0.05, 0.1) is 6.61 Å². The molecule has 1 aliphatic rings. The Bertz CT molecular complexity index is 922. The Morgan fingerprint density at radius 2 is 1.74 bits per heavy atom. The molecule has 0 amide bonds. The number of rotatable bonds is 4. The Kier molecular flexibility index (Phi) is 5.27. The Labute approximate surface area is 161 Å². The number of fused-ring (bicyclic) bond motifs is 1. The first-order chi connectivity index (χ1) is 13.1. The molecule has 5 nitrogen and oxygen atoms in total. The van der Waals surface area contributed by atoms with E-state index >= 15 is 0 Å². The molecule has 27 heavy (non-hydrogen) atoms. The maximum Gasteiger partial charge on any atom is 0.113 e. The number of aliphatic hydroxyl groups excluding tert-OH is 4. The second-order valence-electron chi connectivity index (χ2n) is 6.93. The number of benzene rings is 2. The van der Waals surface area contributed by atoms with Crippen LogP contribution in [0.2, 0.25) is 0 Å². The highest BCUT2D eigenvalue weighted by atomic mass is 32.1. The topological polar surface area (TPSA) is 90.2 Å². The van der Waals surface area contributed by atoms with Crippen molar-refractivity contribution in [2.24, 2.45) is 0 Å². The molecule has 1 saturated heterocycles. The van der Waals surface area contributed by atoms with Gasteiger partial charge < -0.3 is 25.2 Å². The quantitative estimate of drug-likeness (QED) is 0.551. The van der Waals surface area contributed by atoms with Gasteiger partial charge in [0.1, 0.15) is 30.5 Å². The predicted molar refractivity (Wildman–Crippen MR) is 104 cm³/mol. The molecule has 0 spiro atoms. The van der Waals surface area contributed by atoms with Crippen molar-refractivity contribution < 1.29 is 25.2 Å². The molecule has 4 N–H and O–H groups in total. The summed E-state index contributed by atoms with van der Waals surface area (Å²) in [6.45, 7) is -0.429. The van der Waals surface area contributed by atoms with Gasteiger partial charge in [-0.05, 0) is 39.9 Å². The first-order valence-corrected chi connectivity index (χ1v) is 9.81. The number of thiophene rings is 1. The van der Waals surface area contributed by atoms with Crippen molar-refractivity contribution in [3.63, 3.8) is 0 Å². The second-order valence-corrected chi connectivity index (χ2v) is 7.84. The molecule has 6 heteroatoms. The number of hydrogen-bond acceptors (Lipinski definition) is 6. The molecule has 3 aromatic rings. The molecule has 0 saturated carbocycles. The van der Waals surface area contributed by atoms with E-state index in [1.165, 1.54) is 15.6 Å². The smallest absolute Gasteiger partial charge is 0.113 e. The van der Waals surface area contributed by atoms with Crippen LogP contribution in [0.4, 0.5) is 0 Å². The van der Waals surface area contributed by atoms with Gasteiger partial charge in [-0.1, -0.05) is 42.5 Å². The molecule has 0 unspecified atom stereocenters. The van der Waals surface area contributed by atoms with Gasteiger partial charge in [-0.2, -0.15) is 0 Å². The van der Waals surface area contributed by atoms with Crippen LogP contribution in [0.3, 0.4) is 0 Å². The van der Waals surface area contributed by atoms with Crippen LogP contribution in [0.25, 0.3) is 10.1 Å². The van der Waals surface area contributed by atoms with Crippen LogP contribution in [0.1, 0.15) is 22.8 Å². The zero-order valence-electron chi connectivity index (χ0n) is 14.6. The minimum absolute atomic E-state index is 0.429. The summed E-state index contributed by atoms with van der Waals surface area (Å²) in [7, 11) is 0. The van der Waals surface area contributed by atoms with Crippen LogP contribution in [0, 0.1) is 0 Å². The Morgan fingerprint density at radius 1 is 0.926 bits per heavy atom. The minimum Gasteiger partial charge on any atom is -0.394 e. The fourth-order valence-corrected chi connectivity index (χ4v) is 4.61. The lowest BCUT2D eigenvalue weighted by Crippen LogP contribution is -2.55. The molecule has 1 aliphatic heterocycles. The van der Waals surface area contributed by atoms with Crippen LogP contribution in [0.5, 0.6) is 0 Å². The van der Waals surface area contributed by atoms with E-state index in [-0.39, 0.29) is 0 Å². The maximum atomic E-state index is 10.3. The Balaban J connectivity index is 1.60. The third-order valence-corrected chi connectivity index (χ3v) is 6.14. The van der Waals surface area contributed by atoms with Gasteiger partial charge in [0.2, 0.25) is 0 Å². The minimum atomic E-state index is -1.37. The number of ether oxygens (including phenoxy) is 1. The normalized spacial score (nSPS) is 28.5. The Morgan fingerprint density at radius 3 is 2.56 bits per heavy atom. The van der Waals surface area contributed by atoms with E-state index in [9.17, 15) is 20.4 Å². The van der Waals surface area contributed by atoms with Crippen molar-refractivity contribution in [1.82, 2.24) is 0 Å². The van der Waals surface area contributed by atoms with Crippen LogP contribution >= 0.6 is 11.3 Å². The summed E-state index contributed by atoms with van der Waals surface area (Å²) in [6, 6.07) is 15.9.